The second kappa shape index (κ2) is 11.7. The number of benzene rings is 2. The van der Waals surface area contributed by atoms with E-state index in [-0.39, 0.29) is 11.8 Å². The average Bonchev–Trinajstić information content (AvgIpc) is 3.27. The molecular formula is C31H43N5O. The monoisotopic (exact) mass is 501 g/mol. The van der Waals surface area contributed by atoms with Gasteiger partial charge < -0.3 is 14.8 Å². The van der Waals surface area contributed by atoms with E-state index in [1.165, 1.54) is 30.4 Å². The number of imidazole rings is 1. The quantitative estimate of drug-likeness (QED) is 0.421. The Morgan fingerprint density at radius 2 is 1.68 bits per heavy atom. The Balaban J connectivity index is 1.17. The lowest BCUT2D eigenvalue weighted by Crippen LogP contribution is -2.45. The zero-order valence-corrected chi connectivity index (χ0v) is 22.8. The van der Waals surface area contributed by atoms with Crippen LogP contribution in [-0.4, -0.2) is 58.6 Å². The Bertz CT molecular complexity index is 1190. The minimum absolute atomic E-state index is 0.0956. The first-order chi connectivity index (χ1) is 18.0. The van der Waals surface area contributed by atoms with E-state index < -0.39 is 0 Å². The number of nitrogens with zero attached hydrogens (tertiary/aromatic N) is 4. The smallest absolute Gasteiger partial charge is 0.223 e. The van der Waals surface area contributed by atoms with Crippen molar-refractivity contribution in [2.75, 3.05) is 31.1 Å². The van der Waals surface area contributed by atoms with Crippen LogP contribution in [0.25, 0.3) is 11.0 Å². The van der Waals surface area contributed by atoms with E-state index in [9.17, 15) is 4.79 Å². The van der Waals surface area contributed by atoms with Crippen LogP contribution in [0.3, 0.4) is 0 Å². The molecule has 2 fully saturated rings. The Hall–Kier alpha value is -2.86. The van der Waals surface area contributed by atoms with Crippen LogP contribution in [0.1, 0.15) is 63.5 Å². The van der Waals surface area contributed by atoms with Gasteiger partial charge in [0.25, 0.3) is 0 Å². The number of nitrogens with one attached hydrogen (secondary N) is 1. The van der Waals surface area contributed by atoms with Gasteiger partial charge in [0.2, 0.25) is 11.9 Å². The molecule has 5 rings (SSSR count). The van der Waals surface area contributed by atoms with Crippen molar-refractivity contribution >= 4 is 22.9 Å². The Kier molecular flexibility index (Phi) is 8.14. The number of hydrogen-bond donors (Lipinski definition) is 1. The van der Waals surface area contributed by atoms with E-state index in [2.05, 4.69) is 89.0 Å². The van der Waals surface area contributed by atoms with Crippen LogP contribution in [0, 0.1) is 12.8 Å². The first-order valence-corrected chi connectivity index (χ1v) is 14.3. The molecule has 3 aromatic rings. The molecule has 1 aromatic heterocycles. The number of likely N-dealkylation sites (tertiary alicyclic amines) is 1. The van der Waals surface area contributed by atoms with Gasteiger partial charge in [0.1, 0.15) is 0 Å². The molecule has 2 unspecified atom stereocenters. The Morgan fingerprint density at radius 3 is 2.43 bits per heavy atom. The SMILES string of the molecule is Cc1ccccc1Cn1c(N2CCC(C(=O)NCCCN3C(C)CCCC3C)CC2)nc2ccccc21. The van der Waals surface area contributed by atoms with E-state index in [4.69, 9.17) is 4.98 Å². The molecular weight excluding hydrogens is 458 g/mol. The third kappa shape index (κ3) is 5.85. The standard InChI is InChI=1S/C31H43N5O/c1-23-10-4-5-13-27(23)22-36-29-15-7-6-14-28(29)33-31(36)34-20-16-26(17-21-34)30(37)32-18-9-19-35-24(2)11-8-12-25(35)3/h4-7,10,13-15,24-26H,8-9,11-12,16-22H2,1-3H3,(H,32,37). The molecule has 2 aliphatic heterocycles. The molecule has 0 saturated carbocycles. The maximum atomic E-state index is 12.9. The molecule has 0 bridgehead atoms. The molecule has 37 heavy (non-hydrogen) atoms. The van der Waals surface area contributed by atoms with Crippen LogP contribution in [-0.2, 0) is 11.3 Å². The van der Waals surface area contributed by atoms with Gasteiger partial charge in [-0.3, -0.25) is 9.69 Å². The second-order valence-corrected chi connectivity index (χ2v) is 11.2. The highest BCUT2D eigenvalue weighted by atomic mass is 16.1. The molecule has 1 N–H and O–H groups in total. The maximum Gasteiger partial charge on any atom is 0.223 e. The van der Waals surface area contributed by atoms with Gasteiger partial charge in [0, 0.05) is 44.2 Å². The van der Waals surface area contributed by atoms with Crippen molar-refractivity contribution in [3.63, 3.8) is 0 Å². The van der Waals surface area contributed by atoms with Gasteiger partial charge in [-0.25, -0.2) is 4.98 Å². The minimum Gasteiger partial charge on any atom is -0.356 e. The third-order valence-electron chi connectivity index (χ3n) is 8.64. The van der Waals surface area contributed by atoms with Crippen LogP contribution < -0.4 is 10.2 Å². The predicted octanol–water partition coefficient (Wildman–Crippen LogP) is 5.38. The van der Waals surface area contributed by atoms with E-state index in [1.54, 1.807) is 0 Å². The number of carbonyl (C=O) groups is 1. The maximum absolute atomic E-state index is 12.9. The Labute approximate surface area is 222 Å². The number of carbonyl (C=O) groups excluding carboxylic acids is 1. The molecule has 2 aromatic carbocycles. The number of aryl methyl sites for hydroxylation is 1. The minimum atomic E-state index is 0.0956. The Morgan fingerprint density at radius 1 is 0.973 bits per heavy atom. The van der Waals surface area contributed by atoms with E-state index in [0.29, 0.717) is 12.1 Å². The number of aromatic nitrogens is 2. The first kappa shape index (κ1) is 25.8. The highest BCUT2D eigenvalue weighted by Gasteiger charge is 2.28. The lowest BCUT2D eigenvalue weighted by molar-refractivity contribution is -0.125. The molecule has 198 valence electrons. The van der Waals surface area contributed by atoms with Crippen LogP contribution in [0.4, 0.5) is 5.95 Å². The van der Waals surface area contributed by atoms with Gasteiger partial charge in [0.05, 0.1) is 17.6 Å². The van der Waals surface area contributed by atoms with Gasteiger partial charge >= 0.3 is 0 Å². The summed E-state index contributed by atoms with van der Waals surface area (Å²) >= 11 is 0. The average molecular weight is 502 g/mol. The number of para-hydroxylation sites is 2. The number of anilines is 1. The van der Waals surface area contributed by atoms with Crippen LogP contribution in [0.2, 0.25) is 0 Å². The van der Waals surface area contributed by atoms with E-state index in [1.807, 2.05) is 0 Å². The summed E-state index contributed by atoms with van der Waals surface area (Å²) < 4.78 is 2.35. The van der Waals surface area contributed by atoms with Gasteiger partial charge in [-0.05, 0) is 76.1 Å². The fourth-order valence-electron chi connectivity index (χ4n) is 6.29. The zero-order chi connectivity index (χ0) is 25.8. The second-order valence-electron chi connectivity index (χ2n) is 11.2. The van der Waals surface area contributed by atoms with Gasteiger partial charge in [-0.15, -0.1) is 0 Å². The van der Waals surface area contributed by atoms with Crippen LogP contribution in [0.5, 0.6) is 0 Å². The molecule has 0 aliphatic carbocycles. The highest BCUT2D eigenvalue weighted by molar-refractivity contribution is 5.80. The third-order valence-corrected chi connectivity index (χ3v) is 8.64. The van der Waals surface area contributed by atoms with Gasteiger partial charge in [-0.1, -0.05) is 42.8 Å². The van der Waals surface area contributed by atoms with Gasteiger partial charge in [0.15, 0.2) is 0 Å². The molecule has 6 nitrogen and oxygen atoms in total. The van der Waals surface area contributed by atoms with Crippen molar-refractivity contribution in [2.24, 2.45) is 5.92 Å². The largest absolute Gasteiger partial charge is 0.356 e. The number of piperidine rings is 2. The molecule has 3 heterocycles. The van der Waals surface area contributed by atoms with Crippen molar-refractivity contribution in [3.05, 3.63) is 59.7 Å². The van der Waals surface area contributed by atoms with Crippen molar-refractivity contribution in [3.8, 4) is 0 Å². The summed E-state index contributed by atoms with van der Waals surface area (Å²) in [5.41, 5.74) is 4.81. The molecule has 6 heteroatoms. The summed E-state index contributed by atoms with van der Waals surface area (Å²) in [5, 5.41) is 3.24. The molecule has 1 amide bonds. The molecule has 2 aliphatic rings. The lowest BCUT2D eigenvalue weighted by atomic mass is 9.96. The van der Waals surface area contributed by atoms with Crippen molar-refractivity contribution in [1.82, 2.24) is 19.8 Å². The summed E-state index contributed by atoms with van der Waals surface area (Å²) in [7, 11) is 0. The number of amides is 1. The van der Waals surface area contributed by atoms with Crippen molar-refractivity contribution in [2.45, 2.75) is 77.9 Å². The lowest BCUT2D eigenvalue weighted by Gasteiger charge is -2.39. The number of rotatable bonds is 8. The van der Waals surface area contributed by atoms with Gasteiger partial charge in [-0.2, -0.15) is 0 Å². The number of hydrogen-bond acceptors (Lipinski definition) is 4. The van der Waals surface area contributed by atoms with Crippen LogP contribution >= 0.6 is 0 Å². The normalized spacial score (nSPS) is 21.4. The summed E-state index contributed by atoms with van der Waals surface area (Å²) in [6, 6.07) is 18.3. The first-order valence-electron chi connectivity index (χ1n) is 14.3. The van der Waals surface area contributed by atoms with Crippen molar-refractivity contribution < 1.29 is 4.79 Å². The molecule has 0 radical (unpaired) electrons. The van der Waals surface area contributed by atoms with Crippen molar-refractivity contribution in [1.29, 1.82) is 0 Å². The highest BCUT2D eigenvalue weighted by Crippen LogP contribution is 2.28. The van der Waals surface area contributed by atoms with E-state index >= 15 is 0 Å². The fourth-order valence-corrected chi connectivity index (χ4v) is 6.29. The molecule has 2 saturated heterocycles. The van der Waals surface area contributed by atoms with E-state index in [0.717, 1.165) is 69.0 Å². The predicted molar refractivity (Wildman–Crippen MR) is 152 cm³/mol. The summed E-state index contributed by atoms with van der Waals surface area (Å²) in [4.78, 5) is 23.0. The summed E-state index contributed by atoms with van der Waals surface area (Å²) in [5.74, 6) is 1.35. The molecule has 2 atom stereocenters. The zero-order valence-electron chi connectivity index (χ0n) is 22.8. The number of fused-ring (bicyclic) bond motifs is 1. The topological polar surface area (TPSA) is 53.4 Å². The van der Waals surface area contributed by atoms with Crippen LogP contribution in [0.15, 0.2) is 48.5 Å². The fraction of sp³-hybridized carbons (Fsp3) is 0.548. The summed E-state index contributed by atoms with van der Waals surface area (Å²) in [6.07, 6.45) is 6.72. The molecule has 0 spiro atoms. The summed E-state index contributed by atoms with van der Waals surface area (Å²) in [6.45, 7) is 11.2.